The van der Waals surface area contributed by atoms with Crippen LogP contribution in [0.15, 0.2) is 29.2 Å². The molecule has 0 bridgehead atoms. The van der Waals surface area contributed by atoms with Crippen LogP contribution in [0, 0.1) is 6.92 Å². The molecule has 1 aliphatic heterocycles. The van der Waals surface area contributed by atoms with Crippen molar-refractivity contribution in [3.05, 3.63) is 35.5 Å². The van der Waals surface area contributed by atoms with Crippen LogP contribution in [-0.4, -0.2) is 31.2 Å². The van der Waals surface area contributed by atoms with E-state index in [4.69, 9.17) is 0 Å². The Hall–Kier alpha value is -2.35. The molecule has 1 saturated carbocycles. The van der Waals surface area contributed by atoms with Gasteiger partial charge in [0.15, 0.2) is 0 Å². The molecule has 1 fully saturated rings. The van der Waals surface area contributed by atoms with Gasteiger partial charge in [-0.2, -0.15) is 5.10 Å². The second-order valence-corrected chi connectivity index (χ2v) is 10.5. The average Bonchev–Trinajstić information content (AvgIpc) is 3.28. The van der Waals surface area contributed by atoms with E-state index in [0.717, 1.165) is 42.6 Å². The van der Waals surface area contributed by atoms with E-state index in [2.05, 4.69) is 9.82 Å². The van der Waals surface area contributed by atoms with Gasteiger partial charge in [-0.1, -0.05) is 26.7 Å². The SMILES string of the molecule is Cc1cc(NS(=O)(=O)c2ccc3c(c2)C(C)(C)CC(=O)N3C)n(C2CCCC2)n1. The fourth-order valence-electron chi connectivity index (χ4n) is 4.46. The lowest BCUT2D eigenvalue weighted by molar-refractivity contribution is -0.119. The van der Waals surface area contributed by atoms with Gasteiger partial charge in [-0.25, -0.2) is 13.1 Å². The molecule has 1 N–H and O–H groups in total. The fraction of sp³-hybridized carbons (Fsp3) is 0.524. The van der Waals surface area contributed by atoms with E-state index in [0.29, 0.717) is 12.2 Å². The van der Waals surface area contributed by atoms with Crippen LogP contribution in [0.2, 0.25) is 0 Å². The molecular formula is C21H28N4O3S. The first-order chi connectivity index (χ1) is 13.6. The number of sulfonamides is 1. The predicted molar refractivity (Wildman–Crippen MR) is 113 cm³/mol. The molecule has 1 amide bonds. The van der Waals surface area contributed by atoms with Gasteiger partial charge in [0.05, 0.1) is 16.6 Å². The van der Waals surface area contributed by atoms with Crippen molar-refractivity contribution >= 4 is 27.4 Å². The largest absolute Gasteiger partial charge is 0.315 e. The maximum atomic E-state index is 13.2. The number of amides is 1. The van der Waals surface area contributed by atoms with Crippen LogP contribution in [0.25, 0.3) is 0 Å². The Morgan fingerprint density at radius 3 is 2.55 bits per heavy atom. The third kappa shape index (κ3) is 3.54. The maximum Gasteiger partial charge on any atom is 0.263 e. The molecule has 156 valence electrons. The summed E-state index contributed by atoms with van der Waals surface area (Å²) < 4.78 is 31.0. The third-order valence-corrected chi connectivity index (χ3v) is 7.46. The highest BCUT2D eigenvalue weighted by Gasteiger charge is 2.36. The minimum absolute atomic E-state index is 0.0344. The lowest BCUT2D eigenvalue weighted by Crippen LogP contribution is -2.39. The Labute approximate surface area is 172 Å². The zero-order chi connectivity index (χ0) is 21.0. The topological polar surface area (TPSA) is 84.3 Å². The summed E-state index contributed by atoms with van der Waals surface area (Å²) in [7, 11) is -2.05. The van der Waals surface area contributed by atoms with Gasteiger partial charge in [0.25, 0.3) is 10.0 Å². The Morgan fingerprint density at radius 1 is 1.17 bits per heavy atom. The lowest BCUT2D eigenvalue weighted by atomic mass is 9.77. The first kappa shape index (κ1) is 19.9. The van der Waals surface area contributed by atoms with Crippen molar-refractivity contribution < 1.29 is 13.2 Å². The number of anilines is 2. The minimum Gasteiger partial charge on any atom is -0.315 e. The number of benzene rings is 1. The van der Waals surface area contributed by atoms with E-state index in [1.165, 1.54) is 0 Å². The normalized spacial score (nSPS) is 19.4. The second-order valence-electron chi connectivity index (χ2n) is 8.85. The van der Waals surface area contributed by atoms with Crippen molar-refractivity contribution in [2.75, 3.05) is 16.7 Å². The molecule has 1 aliphatic carbocycles. The van der Waals surface area contributed by atoms with Crippen LogP contribution in [0.3, 0.4) is 0 Å². The molecule has 0 saturated heterocycles. The molecule has 29 heavy (non-hydrogen) atoms. The number of rotatable bonds is 4. The number of aromatic nitrogens is 2. The van der Waals surface area contributed by atoms with Crippen molar-refractivity contribution in [3.63, 3.8) is 0 Å². The molecule has 8 heteroatoms. The molecule has 2 aliphatic rings. The predicted octanol–water partition coefficient (Wildman–Crippen LogP) is 3.75. The molecule has 7 nitrogen and oxygen atoms in total. The highest BCUT2D eigenvalue weighted by atomic mass is 32.2. The summed E-state index contributed by atoms with van der Waals surface area (Å²) >= 11 is 0. The summed E-state index contributed by atoms with van der Waals surface area (Å²) in [6.07, 6.45) is 4.66. The number of aryl methyl sites for hydroxylation is 1. The van der Waals surface area contributed by atoms with Gasteiger partial charge in [-0.3, -0.25) is 9.52 Å². The van der Waals surface area contributed by atoms with E-state index in [-0.39, 0.29) is 16.8 Å². The number of hydrogen-bond acceptors (Lipinski definition) is 4. The molecule has 0 atom stereocenters. The highest BCUT2D eigenvalue weighted by molar-refractivity contribution is 7.92. The van der Waals surface area contributed by atoms with Gasteiger partial charge in [-0.15, -0.1) is 0 Å². The summed E-state index contributed by atoms with van der Waals surface area (Å²) in [4.78, 5) is 14.0. The number of carbonyl (C=O) groups excluding carboxylic acids is 1. The Kier molecular flexibility index (Phi) is 4.72. The zero-order valence-corrected chi connectivity index (χ0v) is 18.2. The number of hydrogen-bond donors (Lipinski definition) is 1. The molecule has 0 unspecified atom stereocenters. The van der Waals surface area contributed by atoms with Crippen LogP contribution in [0.5, 0.6) is 0 Å². The monoisotopic (exact) mass is 416 g/mol. The summed E-state index contributed by atoms with van der Waals surface area (Å²) in [5.41, 5.74) is 1.99. The standard InChI is InChI=1S/C21H28N4O3S/c1-14-11-19(25(22-14)15-7-5-6-8-15)23-29(27,28)16-9-10-18-17(12-16)21(2,3)13-20(26)24(18)4/h9-12,15,23H,5-8,13H2,1-4H3. The van der Waals surface area contributed by atoms with Crippen molar-refractivity contribution in [2.45, 2.75) is 69.2 Å². The summed E-state index contributed by atoms with van der Waals surface area (Å²) in [5, 5.41) is 4.53. The lowest BCUT2D eigenvalue weighted by Gasteiger charge is -2.37. The number of carbonyl (C=O) groups is 1. The first-order valence-electron chi connectivity index (χ1n) is 10.1. The van der Waals surface area contributed by atoms with Gasteiger partial charge in [0, 0.05) is 30.6 Å². The van der Waals surface area contributed by atoms with Crippen LogP contribution in [-0.2, 0) is 20.2 Å². The van der Waals surface area contributed by atoms with E-state index in [1.54, 1.807) is 36.2 Å². The smallest absolute Gasteiger partial charge is 0.263 e. The summed E-state index contributed by atoms with van der Waals surface area (Å²) in [6.45, 7) is 5.82. The third-order valence-electron chi connectivity index (χ3n) is 6.10. The van der Waals surface area contributed by atoms with E-state index in [1.807, 2.05) is 25.5 Å². The van der Waals surface area contributed by atoms with Gasteiger partial charge >= 0.3 is 0 Å². The Balaban J connectivity index is 1.70. The van der Waals surface area contributed by atoms with Crippen LogP contribution < -0.4 is 9.62 Å². The molecule has 0 spiro atoms. The van der Waals surface area contributed by atoms with Crippen molar-refractivity contribution in [1.82, 2.24) is 9.78 Å². The van der Waals surface area contributed by atoms with E-state index < -0.39 is 15.4 Å². The quantitative estimate of drug-likeness (QED) is 0.823. The van der Waals surface area contributed by atoms with Crippen molar-refractivity contribution in [1.29, 1.82) is 0 Å². The van der Waals surface area contributed by atoms with E-state index in [9.17, 15) is 13.2 Å². The minimum atomic E-state index is -3.78. The zero-order valence-electron chi connectivity index (χ0n) is 17.4. The Bertz CT molecular complexity index is 1070. The molecule has 4 rings (SSSR count). The van der Waals surface area contributed by atoms with Crippen LogP contribution >= 0.6 is 0 Å². The summed E-state index contributed by atoms with van der Waals surface area (Å²) in [5.74, 6) is 0.547. The van der Waals surface area contributed by atoms with E-state index >= 15 is 0 Å². The Morgan fingerprint density at radius 2 is 1.86 bits per heavy atom. The number of nitrogens with zero attached hydrogens (tertiary/aromatic N) is 3. The highest BCUT2D eigenvalue weighted by Crippen LogP contribution is 2.41. The van der Waals surface area contributed by atoms with Gasteiger partial charge in [0.2, 0.25) is 5.91 Å². The molecular weight excluding hydrogens is 388 g/mol. The van der Waals surface area contributed by atoms with Crippen molar-refractivity contribution in [3.8, 4) is 0 Å². The fourth-order valence-corrected chi connectivity index (χ4v) is 5.53. The molecule has 1 aromatic heterocycles. The molecule has 1 aromatic carbocycles. The van der Waals surface area contributed by atoms with Crippen LogP contribution in [0.4, 0.5) is 11.5 Å². The maximum absolute atomic E-state index is 13.2. The molecule has 2 heterocycles. The number of nitrogens with one attached hydrogen (secondary N) is 1. The summed E-state index contributed by atoms with van der Waals surface area (Å²) in [6, 6.07) is 7.01. The van der Waals surface area contributed by atoms with Crippen molar-refractivity contribution in [2.24, 2.45) is 0 Å². The first-order valence-corrected chi connectivity index (χ1v) is 11.6. The second kappa shape index (κ2) is 6.86. The van der Waals surface area contributed by atoms with Gasteiger partial charge < -0.3 is 4.90 Å². The molecule has 2 aromatic rings. The number of fused-ring (bicyclic) bond motifs is 1. The van der Waals surface area contributed by atoms with Crippen LogP contribution in [0.1, 0.15) is 63.3 Å². The van der Waals surface area contributed by atoms with Gasteiger partial charge in [0.1, 0.15) is 5.82 Å². The molecule has 0 radical (unpaired) electrons. The van der Waals surface area contributed by atoms with Gasteiger partial charge in [-0.05, 0) is 43.5 Å². The average molecular weight is 417 g/mol.